The van der Waals surface area contributed by atoms with Crippen molar-refractivity contribution in [2.75, 3.05) is 40.3 Å². The number of hydrogen-bond acceptors (Lipinski definition) is 4. The zero-order valence-corrected chi connectivity index (χ0v) is 12.9. The van der Waals surface area contributed by atoms with Crippen molar-refractivity contribution in [2.45, 2.75) is 19.5 Å². The second kappa shape index (κ2) is 7.07. The topological polar surface area (TPSA) is 41.7 Å². The summed E-state index contributed by atoms with van der Waals surface area (Å²) in [6.07, 6.45) is 0. The van der Waals surface area contributed by atoms with Crippen LogP contribution < -0.4 is 10.5 Å². The molecule has 2 rings (SSSR count). The molecule has 0 saturated carbocycles. The third-order valence-electron chi connectivity index (χ3n) is 4.12. The van der Waals surface area contributed by atoms with Crippen LogP contribution in [0.15, 0.2) is 24.3 Å². The van der Waals surface area contributed by atoms with E-state index in [0.29, 0.717) is 12.6 Å². The summed E-state index contributed by atoms with van der Waals surface area (Å²) in [6.45, 7) is 6.92. The normalized spacial score (nSPS) is 23.4. The molecule has 1 aromatic rings. The molecule has 1 aliphatic heterocycles. The van der Waals surface area contributed by atoms with E-state index in [1.165, 1.54) is 0 Å². The van der Waals surface area contributed by atoms with Crippen LogP contribution >= 0.6 is 0 Å². The first kappa shape index (κ1) is 15.3. The lowest BCUT2D eigenvalue weighted by atomic mass is 10.1. The molecular weight excluding hydrogens is 250 g/mol. The van der Waals surface area contributed by atoms with Gasteiger partial charge in [-0.2, -0.15) is 0 Å². The van der Waals surface area contributed by atoms with Gasteiger partial charge >= 0.3 is 0 Å². The first-order chi connectivity index (χ1) is 9.60. The van der Waals surface area contributed by atoms with Gasteiger partial charge in [-0.3, -0.25) is 4.90 Å². The molecule has 2 atom stereocenters. The summed E-state index contributed by atoms with van der Waals surface area (Å²) >= 11 is 0. The van der Waals surface area contributed by atoms with Crippen molar-refractivity contribution >= 4 is 0 Å². The molecule has 4 heteroatoms. The van der Waals surface area contributed by atoms with E-state index in [0.717, 1.165) is 43.5 Å². The lowest BCUT2D eigenvalue weighted by molar-refractivity contribution is 0.220. The van der Waals surface area contributed by atoms with E-state index in [1.54, 1.807) is 0 Å². The maximum Gasteiger partial charge on any atom is 0.119 e. The SMILES string of the molecule is CC1CN(CCOc2cccc(CN)c2)CC1N(C)C. The number of rotatable bonds is 6. The van der Waals surface area contributed by atoms with Crippen molar-refractivity contribution in [3.63, 3.8) is 0 Å². The molecule has 0 radical (unpaired) electrons. The lowest BCUT2D eigenvalue weighted by Crippen LogP contribution is -2.35. The minimum absolute atomic E-state index is 0.561. The average molecular weight is 277 g/mol. The largest absolute Gasteiger partial charge is 0.492 e. The predicted octanol–water partition coefficient (Wildman–Crippen LogP) is 1.41. The van der Waals surface area contributed by atoms with Crippen molar-refractivity contribution in [2.24, 2.45) is 11.7 Å². The van der Waals surface area contributed by atoms with Gasteiger partial charge in [0.2, 0.25) is 0 Å². The highest BCUT2D eigenvalue weighted by molar-refractivity contribution is 5.28. The van der Waals surface area contributed by atoms with E-state index in [1.807, 2.05) is 24.3 Å². The Bertz CT molecular complexity index is 422. The summed E-state index contributed by atoms with van der Waals surface area (Å²) in [5.74, 6) is 1.65. The molecule has 0 amide bonds. The van der Waals surface area contributed by atoms with Crippen LogP contribution in [0.1, 0.15) is 12.5 Å². The fourth-order valence-corrected chi connectivity index (χ4v) is 2.96. The molecule has 0 aliphatic carbocycles. The highest BCUT2D eigenvalue weighted by Gasteiger charge is 2.30. The van der Waals surface area contributed by atoms with Crippen LogP contribution in [0, 0.1) is 5.92 Å². The minimum atomic E-state index is 0.561. The summed E-state index contributed by atoms with van der Waals surface area (Å²) < 4.78 is 5.83. The predicted molar refractivity (Wildman–Crippen MR) is 82.9 cm³/mol. The van der Waals surface area contributed by atoms with Gasteiger partial charge in [0.25, 0.3) is 0 Å². The quantitative estimate of drug-likeness (QED) is 0.853. The first-order valence-electron chi connectivity index (χ1n) is 7.40. The van der Waals surface area contributed by atoms with Gasteiger partial charge in [0.15, 0.2) is 0 Å². The van der Waals surface area contributed by atoms with Crippen molar-refractivity contribution in [3.8, 4) is 5.75 Å². The van der Waals surface area contributed by atoms with Crippen molar-refractivity contribution in [1.29, 1.82) is 0 Å². The molecule has 0 bridgehead atoms. The monoisotopic (exact) mass is 277 g/mol. The molecule has 1 fully saturated rings. The van der Waals surface area contributed by atoms with Gasteiger partial charge in [-0.25, -0.2) is 0 Å². The molecule has 4 nitrogen and oxygen atoms in total. The molecule has 112 valence electrons. The molecule has 1 saturated heterocycles. The van der Waals surface area contributed by atoms with E-state index >= 15 is 0 Å². The molecule has 0 aromatic heterocycles. The molecule has 1 aliphatic rings. The molecule has 0 spiro atoms. The lowest BCUT2D eigenvalue weighted by Gasteiger charge is -2.22. The maximum atomic E-state index is 5.83. The van der Waals surface area contributed by atoms with Crippen LogP contribution in [0.25, 0.3) is 0 Å². The van der Waals surface area contributed by atoms with Crippen molar-refractivity contribution < 1.29 is 4.74 Å². The van der Waals surface area contributed by atoms with Crippen LogP contribution in [0.4, 0.5) is 0 Å². The second-order valence-corrected chi connectivity index (χ2v) is 5.97. The van der Waals surface area contributed by atoms with Crippen molar-refractivity contribution in [3.05, 3.63) is 29.8 Å². The number of hydrogen-bond donors (Lipinski definition) is 1. The molecule has 2 N–H and O–H groups in total. The zero-order valence-electron chi connectivity index (χ0n) is 12.9. The van der Waals surface area contributed by atoms with Crippen LogP contribution in [0.3, 0.4) is 0 Å². The summed E-state index contributed by atoms with van der Waals surface area (Å²) in [5, 5.41) is 0. The smallest absolute Gasteiger partial charge is 0.119 e. The fraction of sp³-hybridized carbons (Fsp3) is 0.625. The van der Waals surface area contributed by atoms with Crippen LogP contribution in [-0.2, 0) is 6.54 Å². The number of benzene rings is 1. The number of ether oxygens (including phenoxy) is 1. The number of likely N-dealkylation sites (N-methyl/N-ethyl adjacent to an activating group) is 1. The van der Waals surface area contributed by atoms with E-state index in [9.17, 15) is 0 Å². The minimum Gasteiger partial charge on any atom is -0.492 e. The first-order valence-corrected chi connectivity index (χ1v) is 7.40. The fourth-order valence-electron chi connectivity index (χ4n) is 2.96. The van der Waals surface area contributed by atoms with Crippen LogP contribution in [0.2, 0.25) is 0 Å². The van der Waals surface area contributed by atoms with Crippen LogP contribution in [-0.4, -0.2) is 56.2 Å². The molecular formula is C16H27N3O. The van der Waals surface area contributed by atoms with Gasteiger partial charge in [0.05, 0.1) is 0 Å². The average Bonchev–Trinajstić information content (AvgIpc) is 2.80. The van der Waals surface area contributed by atoms with Gasteiger partial charge in [-0.15, -0.1) is 0 Å². The number of likely N-dealkylation sites (tertiary alicyclic amines) is 1. The van der Waals surface area contributed by atoms with E-state index in [4.69, 9.17) is 10.5 Å². The van der Waals surface area contributed by atoms with Gasteiger partial charge < -0.3 is 15.4 Å². The summed E-state index contributed by atoms with van der Waals surface area (Å²) in [7, 11) is 4.33. The molecule has 1 aromatic carbocycles. The Balaban J connectivity index is 1.76. The summed E-state index contributed by atoms with van der Waals surface area (Å²) in [5.41, 5.74) is 6.75. The standard InChI is InChI=1S/C16H27N3O/c1-13-11-19(12-16(13)18(2)3)7-8-20-15-6-4-5-14(9-15)10-17/h4-6,9,13,16H,7-8,10-12,17H2,1-3H3. The zero-order chi connectivity index (χ0) is 14.5. The van der Waals surface area contributed by atoms with Crippen molar-refractivity contribution in [1.82, 2.24) is 9.80 Å². The maximum absolute atomic E-state index is 5.83. The number of nitrogens with two attached hydrogens (primary N) is 1. The third kappa shape index (κ3) is 3.95. The van der Waals surface area contributed by atoms with Gasteiger partial charge in [0, 0.05) is 32.2 Å². The van der Waals surface area contributed by atoms with Gasteiger partial charge in [-0.05, 0) is 37.7 Å². The van der Waals surface area contributed by atoms with Crippen LogP contribution in [0.5, 0.6) is 5.75 Å². The third-order valence-corrected chi connectivity index (χ3v) is 4.12. The number of nitrogens with zero attached hydrogens (tertiary/aromatic N) is 2. The van der Waals surface area contributed by atoms with E-state index in [2.05, 4.69) is 30.8 Å². The Morgan fingerprint density at radius 1 is 1.35 bits per heavy atom. The molecule has 2 unspecified atom stereocenters. The summed E-state index contributed by atoms with van der Waals surface area (Å²) in [6, 6.07) is 8.70. The van der Waals surface area contributed by atoms with Gasteiger partial charge in [0.1, 0.15) is 12.4 Å². The Morgan fingerprint density at radius 2 is 2.15 bits per heavy atom. The Kier molecular flexibility index (Phi) is 5.40. The van der Waals surface area contributed by atoms with E-state index < -0.39 is 0 Å². The second-order valence-electron chi connectivity index (χ2n) is 5.97. The molecule has 1 heterocycles. The Morgan fingerprint density at radius 3 is 2.80 bits per heavy atom. The Labute approximate surface area is 122 Å². The highest BCUT2D eigenvalue weighted by Crippen LogP contribution is 2.19. The molecule has 20 heavy (non-hydrogen) atoms. The Hall–Kier alpha value is -1.10. The highest BCUT2D eigenvalue weighted by atomic mass is 16.5. The summed E-state index contributed by atoms with van der Waals surface area (Å²) in [4.78, 5) is 4.82. The van der Waals surface area contributed by atoms with Gasteiger partial charge in [-0.1, -0.05) is 19.1 Å². The van der Waals surface area contributed by atoms with E-state index in [-0.39, 0.29) is 0 Å².